The molecule has 0 unspecified atom stereocenters. The van der Waals surface area contributed by atoms with Gasteiger partial charge in [0.05, 0.1) is 12.1 Å². The molecule has 0 aliphatic rings. The highest BCUT2D eigenvalue weighted by molar-refractivity contribution is 5.90. The Bertz CT molecular complexity index is 860. The molecule has 2 aromatic rings. The Balaban J connectivity index is 1.77. The molecule has 28 heavy (non-hydrogen) atoms. The van der Waals surface area contributed by atoms with Gasteiger partial charge in [-0.05, 0) is 36.8 Å². The molecule has 0 bridgehead atoms. The van der Waals surface area contributed by atoms with Crippen molar-refractivity contribution in [3.8, 4) is 11.3 Å². The number of hydrogen-bond acceptors (Lipinski definition) is 5. The summed E-state index contributed by atoms with van der Waals surface area (Å²) in [6.45, 7) is 1.75. The molecule has 1 aromatic heterocycles. The minimum Gasteiger partial charge on any atom is -0.457 e. The van der Waals surface area contributed by atoms with Gasteiger partial charge in [-0.1, -0.05) is 19.1 Å². The minimum absolute atomic E-state index is 0.183. The van der Waals surface area contributed by atoms with E-state index < -0.39 is 24.3 Å². The Morgan fingerprint density at radius 3 is 2.64 bits per heavy atom. The van der Waals surface area contributed by atoms with Crippen LogP contribution >= 0.6 is 0 Å². The maximum absolute atomic E-state index is 13.7. The molecule has 0 radical (unpaired) electrons. The van der Waals surface area contributed by atoms with Crippen molar-refractivity contribution in [3.63, 3.8) is 0 Å². The van der Waals surface area contributed by atoms with Crippen LogP contribution < -0.4 is 10.6 Å². The van der Waals surface area contributed by atoms with Crippen molar-refractivity contribution in [1.82, 2.24) is 10.6 Å². The number of amides is 2. The van der Waals surface area contributed by atoms with E-state index in [1.807, 2.05) is 6.92 Å². The van der Waals surface area contributed by atoms with Crippen LogP contribution in [0.4, 0.5) is 4.39 Å². The van der Waals surface area contributed by atoms with E-state index in [0.29, 0.717) is 23.6 Å². The van der Waals surface area contributed by atoms with E-state index in [2.05, 4.69) is 10.6 Å². The largest absolute Gasteiger partial charge is 0.457 e. The van der Waals surface area contributed by atoms with Crippen molar-refractivity contribution in [2.45, 2.75) is 13.3 Å². The van der Waals surface area contributed by atoms with E-state index in [0.717, 1.165) is 12.5 Å². The van der Waals surface area contributed by atoms with Crippen molar-refractivity contribution in [2.24, 2.45) is 0 Å². The van der Waals surface area contributed by atoms with Crippen molar-refractivity contribution < 1.29 is 27.9 Å². The van der Waals surface area contributed by atoms with Crippen LogP contribution in [0.1, 0.15) is 19.1 Å². The lowest BCUT2D eigenvalue weighted by atomic mass is 10.1. The molecule has 0 atom stereocenters. The molecular formula is C20H21FN2O5. The van der Waals surface area contributed by atoms with Gasteiger partial charge in [0.1, 0.15) is 17.3 Å². The topological polar surface area (TPSA) is 97.6 Å². The monoisotopic (exact) mass is 388 g/mol. The maximum Gasteiger partial charge on any atom is 0.331 e. The predicted octanol–water partition coefficient (Wildman–Crippen LogP) is 2.28. The number of benzene rings is 1. The fourth-order valence-corrected chi connectivity index (χ4v) is 2.14. The van der Waals surface area contributed by atoms with Gasteiger partial charge < -0.3 is 19.8 Å². The van der Waals surface area contributed by atoms with Crippen LogP contribution in [0.5, 0.6) is 0 Å². The highest BCUT2D eigenvalue weighted by Crippen LogP contribution is 2.25. The van der Waals surface area contributed by atoms with Gasteiger partial charge in [-0.15, -0.1) is 0 Å². The zero-order valence-electron chi connectivity index (χ0n) is 15.4. The van der Waals surface area contributed by atoms with Crippen LogP contribution in [0.2, 0.25) is 0 Å². The lowest BCUT2D eigenvalue weighted by Crippen LogP contribution is -2.38. The van der Waals surface area contributed by atoms with E-state index in [9.17, 15) is 18.8 Å². The van der Waals surface area contributed by atoms with E-state index in [-0.39, 0.29) is 12.5 Å². The molecule has 8 heteroatoms. The Morgan fingerprint density at radius 2 is 1.89 bits per heavy atom. The molecule has 1 aromatic carbocycles. The summed E-state index contributed by atoms with van der Waals surface area (Å²) < 4.78 is 24.0. The second-order valence-electron chi connectivity index (χ2n) is 5.75. The van der Waals surface area contributed by atoms with Crippen molar-refractivity contribution >= 4 is 23.9 Å². The Morgan fingerprint density at radius 1 is 1.11 bits per heavy atom. The first-order valence-corrected chi connectivity index (χ1v) is 8.72. The molecule has 0 fully saturated rings. The Kier molecular flexibility index (Phi) is 7.95. The van der Waals surface area contributed by atoms with Crippen LogP contribution in [0.15, 0.2) is 46.9 Å². The zero-order valence-corrected chi connectivity index (χ0v) is 15.4. The number of esters is 1. The molecule has 0 saturated heterocycles. The number of rotatable bonds is 9. The van der Waals surface area contributed by atoms with Gasteiger partial charge in [0.15, 0.2) is 6.61 Å². The van der Waals surface area contributed by atoms with E-state index >= 15 is 0 Å². The number of carbonyl (C=O) groups is 3. The summed E-state index contributed by atoms with van der Waals surface area (Å²) >= 11 is 0. The molecule has 0 aliphatic carbocycles. The first kappa shape index (κ1) is 20.9. The number of hydrogen-bond donors (Lipinski definition) is 2. The van der Waals surface area contributed by atoms with Crippen molar-refractivity contribution in [2.75, 3.05) is 19.7 Å². The van der Waals surface area contributed by atoms with Gasteiger partial charge in [-0.25, -0.2) is 9.18 Å². The van der Waals surface area contributed by atoms with Gasteiger partial charge in [0, 0.05) is 12.6 Å². The third kappa shape index (κ3) is 6.71. The van der Waals surface area contributed by atoms with Crippen LogP contribution in [-0.2, 0) is 19.1 Å². The third-order valence-corrected chi connectivity index (χ3v) is 3.51. The fourth-order valence-electron chi connectivity index (χ4n) is 2.14. The van der Waals surface area contributed by atoms with Crippen LogP contribution in [0.3, 0.4) is 0 Å². The van der Waals surface area contributed by atoms with Gasteiger partial charge in [0.2, 0.25) is 5.91 Å². The molecule has 0 spiro atoms. The highest BCUT2D eigenvalue weighted by atomic mass is 19.1. The molecule has 7 nitrogen and oxygen atoms in total. The lowest BCUT2D eigenvalue weighted by Gasteiger charge is -2.05. The van der Waals surface area contributed by atoms with Gasteiger partial charge in [0.25, 0.3) is 5.91 Å². The second-order valence-corrected chi connectivity index (χ2v) is 5.75. The summed E-state index contributed by atoms with van der Waals surface area (Å²) in [6, 6.07) is 9.33. The van der Waals surface area contributed by atoms with Crippen LogP contribution in [-0.4, -0.2) is 37.5 Å². The molecule has 0 aliphatic heterocycles. The summed E-state index contributed by atoms with van der Waals surface area (Å²) in [5, 5.41) is 4.94. The number of ether oxygens (including phenoxy) is 1. The third-order valence-electron chi connectivity index (χ3n) is 3.51. The van der Waals surface area contributed by atoms with Crippen LogP contribution in [0.25, 0.3) is 17.4 Å². The second kappa shape index (κ2) is 10.7. The first-order valence-electron chi connectivity index (χ1n) is 8.72. The Labute approximate surface area is 161 Å². The SMILES string of the molecule is CCCNC(=O)CNC(=O)COC(=O)/C=C/c1ccc(-c2ccccc2F)o1. The molecule has 2 rings (SSSR count). The number of furan rings is 1. The number of nitrogens with one attached hydrogen (secondary N) is 2. The summed E-state index contributed by atoms with van der Waals surface area (Å²) in [6.07, 6.45) is 3.23. The summed E-state index contributed by atoms with van der Waals surface area (Å²) in [7, 11) is 0. The zero-order chi connectivity index (χ0) is 20.4. The molecule has 148 valence electrons. The van der Waals surface area contributed by atoms with E-state index in [4.69, 9.17) is 9.15 Å². The number of carbonyl (C=O) groups excluding carboxylic acids is 3. The van der Waals surface area contributed by atoms with Crippen molar-refractivity contribution in [1.29, 1.82) is 0 Å². The first-order chi connectivity index (χ1) is 13.5. The quantitative estimate of drug-likeness (QED) is 0.507. The molecule has 1 heterocycles. The van der Waals surface area contributed by atoms with E-state index in [1.165, 1.54) is 12.1 Å². The summed E-state index contributed by atoms with van der Waals surface area (Å²) in [5.74, 6) is -1.42. The van der Waals surface area contributed by atoms with Gasteiger partial charge in [-0.3, -0.25) is 9.59 Å². The molecule has 2 N–H and O–H groups in total. The molecule has 2 amide bonds. The van der Waals surface area contributed by atoms with Crippen LogP contribution in [0, 0.1) is 5.82 Å². The fraction of sp³-hybridized carbons (Fsp3) is 0.250. The molecule has 0 saturated carbocycles. The smallest absolute Gasteiger partial charge is 0.331 e. The predicted molar refractivity (Wildman–Crippen MR) is 100 cm³/mol. The Hall–Kier alpha value is -3.42. The normalized spacial score (nSPS) is 10.6. The van der Waals surface area contributed by atoms with Gasteiger partial charge >= 0.3 is 5.97 Å². The van der Waals surface area contributed by atoms with E-state index in [1.54, 1.807) is 30.3 Å². The minimum atomic E-state index is -0.755. The average Bonchev–Trinajstić information content (AvgIpc) is 3.16. The summed E-state index contributed by atoms with van der Waals surface area (Å²) in [5.41, 5.74) is 0.310. The van der Waals surface area contributed by atoms with Crippen molar-refractivity contribution in [3.05, 3.63) is 54.1 Å². The lowest BCUT2D eigenvalue weighted by molar-refractivity contribution is -0.143. The van der Waals surface area contributed by atoms with Gasteiger partial charge in [-0.2, -0.15) is 0 Å². The molecular weight excluding hydrogens is 367 g/mol. The average molecular weight is 388 g/mol. The standard InChI is InChI=1S/C20H21FN2O5/c1-2-11-22-18(24)12-23-19(25)13-27-20(26)10-8-14-7-9-17(28-14)15-5-3-4-6-16(15)21/h3-10H,2,11-13H2,1H3,(H,22,24)(H,23,25)/b10-8+. The highest BCUT2D eigenvalue weighted by Gasteiger charge is 2.09. The number of halogens is 1. The maximum atomic E-state index is 13.7. The summed E-state index contributed by atoms with van der Waals surface area (Å²) in [4.78, 5) is 34.6.